The molecule has 0 radical (unpaired) electrons. The molecule has 2 aromatic rings. The molecule has 1 atom stereocenters. The second-order valence-electron chi connectivity index (χ2n) is 7.12. The van der Waals surface area contributed by atoms with E-state index in [1.165, 1.54) is 5.56 Å². The number of aryl methyl sites for hydroxylation is 3. The first kappa shape index (κ1) is 21.8. The van der Waals surface area contributed by atoms with E-state index in [1.54, 1.807) is 0 Å². The molecule has 1 unspecified atom stereocenters. The van der Waals surface area contributed by atoms with Crippen LogP contribution in [0.1, 0.15) is 55.3 Å². The summed E-state index contributed by atoms with van der Waals surface area (Å²) in [6, 6.07) is 6.30. The van der Waals surface area contributed by atoms with Gasteiger partial charge in [-0.05, 0) is 59.1 Å². The lowest BCUT2D eigenvalue weighted by atomic mass is 10.1. The topological polar surface area (TPSA) is 71.7 Å². The highest BCUT2D eigenvalue weighted by Crippen LogP contribution is 2.23. The van der Waals surface area contributed by atoms with Gasteiger partial charge in [0.1, 0.15) is 11.5 Å². The molecule has 0 aliphatic heterocycles. The van der Waals surface area contributed by atoms with Crippen LogP contribution in [-0.4, -0.2) is 30.3 Å². The van der Waals surface area contributed by atoms with E-state index in [4.69, 9.17) is 14.3 Å². The number of nitrogens with zero attached hydrogens (tertiary/aromatic N) is 2. The van der Waals surface area contributed by atoms with Crippen molar-refractivity contribution in [3.63, 3.8) is 0 Å². The fourth-order valence-corrected chi connectivity index (χ4v) is 2.87. The van der Waals surface area contributed by atoms with Crippen LogP contribution in [0.5, 0.6) is 5.75 Å². The lowest BCUT2D eigenvalue weighted by molar-refractivity contribution is 0.215. The van der Waals surface area contributed by atoms with Gasteiger partial charge in [-0.3, -0.25) is 0 Å². The summed E-state index contributed by atoms with van der Waals surface area (Å²) >= 11 is 0. The third-order valence-corrected chi connectivity index (χ3v) is 4.73. The van der Waals surface area contributed by atoms with Crippen LogP contribution in [-0.2, 0) is 13.0 Å². The average molecular weight is 387 g/mol. The van der Waals surface area contributed by atoms with Gasteiger partial charge in [-0.15, -0.1) is 0 Å². The number of rotatable bonds is 9. The molecule has 6 heteroatoms. The predicted octanol–water partition coefficient (Wildman–Crippen LogP) is 4.07. The Kier molecular flexibility index (Phi) is 8.36. The SMILES string of the molecule is CCNC(=NCc1ccc(C)cc1OC(C)CC)NCCc1c(C)noc1C. The predicted molar refractivity (Wildman–Crippen MR) is 114 cm³/mol. The summed E-state index contributed by atoms with van der Waals surface area (Å²) < 4.78 is 11.3. The summed E-state index contributed by atoms with van der Waals surface area (Å²) in [6.45, 7) is 14.4. The van der Waals surface area contributed by atoms with E-state index in [0.717, 1.165) is 60.2 Å². The lowest BCUT2D eigenvalue weighted by Crippen LogP contribution is -2.38. The Morgan fingerprint density at radius 3 is 2.64 bits per heavy atom. The maximum absolute atomic E-state index is 6.10. The number of ether oxygens (including phenoxy) is 1. The summed E-state index contributed by atoms with van der Waals surface area (Å²) in [7, 11) is 0. The minimum atomic E-state index is 0.186. The van der Waals surface area contributed by atoms with Crippen molar-refractivity contribution in [2.75, 3.05) is 13.1 Å². The first-order valence-corrected chi connectivity index (χ1v) is 10.1. The second-order valence-corrected chi connectivity index (χ2v) is 7.12. The van der Waals surface area contributed by atoms with Gasteiger partial charge < -0.3 is 19.9 Å². The summed E-state index contributed by atoms with van der Waals surface area (Å²) in [6.07, 6.45) is 2.01. The standard InChI is InChI=1S/C22H34N4O2/c1-7-16(4)27-21-13-15(3)9-10-19(21)14-25-22(23-8-2)24-12-11-20-17(5)26-28-18(20)6/h9-10,13,16H,7-8,11-12,14H2,1-6H3,(H2,23,24,25). The Balaban J connectivity index is 2.03. The molecule has 2 rings (SSSR count). The molecule has 1 aromatic carbocycles. The number of aromatic nitrogens is 1. The highest BCUT2D eigenvalue weighted by Gasteiger charge is 2.10. The molecule has 0 amide bonds. The van der Waals surface area contributed by atoms with E-state index in [-0.39, 0.29) is 6.10 Å². The maximum atomic E-state index is 6.10. The Bertz CT molecular complexity index is 763. The molecule has 1 aromatic heterocycles. The van der Waals surface area contributed by atoms with Crippen LogP contribution >= 0.6 is 0 Å². The zero-order valence-corrected chi connectivity index (χ0v) is 18.1. The van der Waals surface area contributed by atoms with Crippen molar-refractivity contribution in [2.45, 2.75) is 67.0 Å². The number of hydrogen-bond acceptors (Lipinski definition) is 4. The van der Waals surface area contributed by atoms with Gasteiger partial charge in [0, 0.05) is 24.2 Å². The third kappa shape index (κ3) is 6.29. The van der Waals surface area contributed by atoms with Gasteiger partial charge >= 0.3 is 0 Å². The second kappa shape index (κ2) is 10.7. The first-order valence-electron chi connectivity index (χ1n) is 10.1. The molecule has 2 N–H and O–H groups in total. The number of benzene rings is 1. The number of nitrogens with one attached hydrogen (secondary N) is 2. The molecule has 0 bridgehead atoms. The molecule has 0 saturated heterocycles. The van der Waals surface area contributed by atoms with Crippen molar-refractivity contribution in [2.24, 2.45) is 4.99 Å². The van der Waals surface area contributed by atoms with Crippen LogP contribution < -0.4 is 15.4 Å². The van der Waals surface area contributed by atoms with Crippen LogP contribution in [0.25, 0.3) is 0 Å². The quantitative estimate of drug-likeness (QED) is 0.502. The molecule has 0 saturated carbocycles. The Hall–Kier alpha value is -2.50. The van der Waals surface area contributed by atoms with Crippen LogP contribution in [0.4, 0.5) is 0 Å². The average Bonchev–Trinajstić information content (AvgIpc) is 2.99. The van der Waals surface area contributed by atoms with Crippen LogP contribution in [0.15, 0.2) is 27.7 Å². The van der Waals surface area contributed by atoms with Crippen LogP contribution in [0.2, 0.25) is 0 Å². The molecular weight excluding hydrogens is 352 g/mol. The smallest absolute Gasteiger partial charge is 0.191 e. The first-order chi connectivity index (χ1) is 13.4. The third-order valence-electron chi connectivity index (χ3n) is 4.73. The Labute approximate surface area is 168 Å². The van der Waals surface area contributed by atoms with E-state index in [9.17, 15) is 0 Å². The molecule has 0 aliphatic rings. The summed E-state index contributed by atoms with van der Waals surface area (Å²) in [4.78, 5) is 4.75. The molecular formula is C22H34N4O2. The minimum absolute atomic E-state index is 0.186. The van der Waals surface area contributed by atoms with Gasteiger partial charge in [0.25, 0.3) is 0 Å². The molecule has 0 aliphatic carbocycles. The molecule has 0 spiro atoms. The van der Waals surface area contributed by atoms with Gasteiger partial charge in [0.05, 0.1) is 18.3 Å². The van der Waals surface area contributed by atoms with E-state index < -0.39 is 0 Å². The van der Waals surface area contributed by atoms with Crippen molar-refractivity contribution < 1.29 is 9.26 Å². The zero-order valence-electron chi connectivity index (χ0n) is 18.1. The van der Waals surface area contributed by atoms with Crippen molar-refractivity contribution >= 4 is 5.96 Å². The fraction of sp³-hybridized carbons (Fsp3) is 0.545. The highest BCUT2D eigenvalue weighted by atomic mass is 16.5. The van der Waals surface area contributed by atoms with Gasteiger partial charge in [0.15, 0.2) is 5.96 Å². The molecule has 0 fully saturated rings. The monoisotopic (exact) mass is 386 g/mol. The van der Waals surface area contributed by atoms with E-state index in [1.807, 2.05) is 13.8 Å². The van der Waals surface area contributed by atoms with Gasteiger partial charge in [-0.25, -0.2) is 4.99 Å². The van der Waals surface area contributed by atoms with Gasteiger partial charge in [-0.2, -0.15) is 0 Å². The number of aliphatic imine (C=N–C) groups is 1. The zero-order chi connectivity index (χ0) is 20.5. The van der Waals surface area contributed by atoms with E-state index in [2.05, 4.69) is 61.7 Å². The Morgan fingerprint density at radius 1 is 1.21 bits per heavy atom. The molecule has 1 heterocycles. The van der Waals surface area contributed by atoms with Crippen LogP contribution in [0.3, 0.4) is 0 Å². The number of hydrogen-bond donors (Lipinski definition) is 2. The van der Waals surface area contributed by atoms with Crippen molar-refractivity contribution in [1.29, 1.82) is 0 Å². The maximum Gasteiger partial charge on any atom is 0.191 e. The summed E-state index contributed by atoms with van der Waals surface area (Å²) in [5, 5.41) is 10.7. The summed E-state index contributed by atoms with van der Waals surface area (Å²) in [5.74, 6) is 2.60. The van der Waals surface area contributed by atoms with E-state index in [0.29, 0.717) is 6.54 Å². The van der Waals surface area contributed by atoms with Crippen molar-refractivity contribution in [3.05, 3.63) is 46.3 Å². The van der Waals surface area contributed by atoms with Gasteiger partial charge in [-0.1, -0.05) is 24.2 Å². The minimum Gasteiger partial charge on any atom is -0.490 e. The fourth-order valence-electron chi connectivity index (χ4n) is 2.87. The van der Waals surface area contributed by atoms with Gasteiger partial charge in [0.2, 0.25) is 0 Å². The molecule has 154 valence electrons. The molecule has 28 heavy (non-hydrogen) atoms. The van der Waals surface area contributed by atoms with Crippen LogP contribution in [0, 0.1) is 20.8 Å². The number of guanidine groups is 1. The normalized spacial score (nSPS) is 12.7. The van der Waals surface area contributed by atoms with Crippen molar-refractivity contribution in [1.82, 2.24) is 15.8 Å². The van der Waals surface area contributed by atoms with E-state index >= 15 is 0 Å². The van der Waals surface area contributed by atoms with Crippen molar-refractivity contribution in [3.8, 4) is 5.75 Å². The molecule has 6 nitrogen and oxygen atoms in total. The Morgan fingerprint density at radius 2 is 2.00 bits per heavy atom. The lowest BCUT2D eigenvalue weighted by Gasteiger charge is -2.17. The largest absolute Gasteiger partial charge is 0.490 e. The summed E-state index contributed by atoms with van der Waals surface area (Å²) in [5.41, 5.74) is 4.39. The highest BCUT2D eigenvalue weighted by molar-refractivity contribution is 5.79.